The Morgan fingerprint density at radius 2 is 2.07 bits per heavy atom. The second-order valence-electron chi connectivity index (χ2n) is 7.74. The molecule has 0 aliphatic carbocycles. The molecule has 2 saturated heterocycles. The second-order valence-corrected chi connectivity index (χ2v) is 8.18. The maximum Gasteiger partial charge on any atom is 0.237 e. The first-order chi connectivity index (χ1) is 12.3. The summed E-state index contributed by atoms with van der Waals surface area (Å²) in [4.78, 5) is 14.8. The van der Waals surface area contributed by atoms with Crippen LogP contribution in [0.25, 0.3) is 0 Å². The summed E-state index contributed by atoms with van der Waals surface area (Å²) in [6, 6.07) is 7.51. The summed E-state index contributed by atoms with van der Waals surface area (Å²) in [6.45, 7) is 7.41. The molecule has 0 bridgehead atoms. The monoisotopic (exact) mass is 453 g/mol. The molecule has 28 heavy (non-hydrogen) atoms. The van der Waals surface area contributed by atoms with E-state index in [-0.39, 0.29) is 48.4 Å². The van der Waals surface area contributed by atoms with Gasteiger partial charge in [-0.1, -0.05) is 23.7 Å². The molecule has 2 fully saturated rings. The topological polar surface area (TPSA) is 73.8 Å². The van der Waals surface area contributed by atoms with E-state index >= 15 is 0 Å². The van der Waals surface area contributed by atoms with E-state index in [2.05, 4.69) is 29.4 Å². The predicted octanol–water partition coefficient (Wildman–Crippen LogP) is 2.17. The number of halogens is 3. The van der Waals surface area contributed by atoms with Crippen molar-refractivity contribution in [3.8, 4) is 0 Å². The number of hydrogen-bond acceptors (Lipinski definition) is 5. The largest absolute Gasteiger partial charge is 0.392 e. The fourth-order valence-electron chi connectivity index (χ4n) is 3.70. The minimum atomic E-state index is -0.446. The lowest BCUT2D eigenvalue weighted by Crippen LogP contribution is -2.52. The van der Waals surface area contributed by atoms with Crippen LogP contribution in [0.4, 0.5) is 0 Å². The van der Waals surface area contributed by atoms with E-state index in [1.165, 1.54) is 0 Å². The van der Waals surface area contributed by atoms with Crippen LogP contribution in [0.15, 0.2) is 24.3 Å². The third kappa shape index (κ3) is 6.73. The highest BCUT2D eigenvalue weighted by atomic mass is 35.5. The molecule has 0 aromatic heterocycles. The van der Waals surface area contributed by atoms with E-state index in [9.17, 15) is 9.90 Å². The number of nitrogens with one attached hydrogen (secondary N) is 2. The fourth-order valence-corrected chi connectivity index (χ4v) is 3.82. The van der Waals surface area contributed by atoms with Crippen molar-refractivity contribution in [3.63, 3.8) is 0 Å². The van der Waals surface area contributed by atoms with Crippen molar-refractivity contribution in [2.45, 2.75) is 44.1 Å². The van der Waals surface area contributed by atoms with Gasteiger partial charge < -0.3 is 20.5 Å². The van der Waals surface area contributed by atoms with Crippen LogP contribution in [0, 0.1) is 0 Å². The molecule has 2 heterocycles. The molecular formula is C19H30Cl3N3O3. The Morgan fingerprint density at radius 3 is 2.64 bits per heavy atom. The Labute approximate surface area is 184 Å². The summed E-state index contributed by atoms with van der Waals surface area (Å²) in [5.41, 5.74) is 0.899. The van der Waals surface area contributed by atoms with E-state index < -0.39 is 6.10 Å². The Kier molecular flexibility index (Phi) is 9.97. The Hall–Kier alpha value is -0.600. The minimum Gasteiger partial charge on any atom is -0.392 e. The van der Waals surface area contributed by atoms with Crippen molar-refractivity contribution >= 4 is 42.3 Å². The zero-order chi connectivity index (χ0) is 18.7. The van der Waals surface area contributed by atoms with Crippen LogP contribution in [-0.4, -0.2) is 66.4 Å². The van der Waals surface area contributed by atoms with Crippen LogP contribution in [0.5, 0.6) is 0 Å². The number of amides is 1. The number of morpholine rings is 1. The number of aliphatic hydroxyl groups is 1. The number of carbonyl (C=O) groups excluding carboxylic acids is 1. The standard InChI is InChI=1S/C19H28ClN3O3.2ClH/c1-19(2)12-23(7-8-26-19)17(13-3-5-14(20)6-4-13)11-22-18(25)16-9-15(24)10-21-16;;/h3-6,15-17,21,24H,7-12H2,1-2H3,(H,22,25);2*1H. The third-order valence-corrected chi connectivity index (χ3v) is 5.30. The first-order valence-electron chi connectivity index (χ1n) is 9.17. The molecule has 3 unspecified atom stereocenters. The maximum atomic E-state index is 12.4. The summed E-state index contributed by atoms with van der Waals surface area (Å²) in [5.74, 6) is -0.0620. The lowest BCUT2D eigenvalue weighted by molar-refractivity contribution is -0.124. The third-order valence-electron chi connectivity index (χ3n) is 5.04. The molecule has 3 rings (SSSR count). The van der Waals surface area contributed by atoms with Crippen molar-refractivity contribution in [1.82, 2.24) is 15.5 Å². The SMILES string of the molecule is CC1(C)CN(C(CNC(=O)C2CC(O)CN2)c2ccc(Cl)cc2)CCO1.Cl.Cl. The zero-order valence-electron chi connectivity index (χ0n) is 16.2. The molecule has 1 aromatic rings. The molecule has 2 aliphatic heterocycles. The van der Waals surface area contributed by atoms with Gasteiger partial charge >= 0.3 is 0 Å². The Balaban J connectivity index is 0.00000196. The highest BCUT2D eigenvalue weighted by Crippen LogP contribution is 2.27. The smallest absolute Gasteiger partial charge is 0.237 e. The molecule has 9 heteroatoms. The van der Waals surface area contributed by atoms with Crippen LogP contribution in [-0.2, 0) is 9.53 Å². The van der Waals surface area contributed by atoms with Gasteiger partial charge in [-0.25, -0.2) is 0 Å². The predicted molar refractivity (Wildman–Crippen MR) is 116 cm³/mol. The van der Waals surface area contributed by atoms with Gasteiger partial charge in [0, 0.05) is 31.2 Å². The molecular weight excluding hydrogens is 425 g/mol. The maximum absolute atomic E-state index is 12.4. The lowest BCUT2D eigenvalue weighted by Gasteiger charge is -2.42. The molecule has 160 valence electrons. The number of hydrogen-bond donors (Lipinski definition) is 3. The number of rotatable bonds is 5. The highest BCUT2D eigenvalue weighted by Gasteiger charge is 2.33. The average Bonchev–Trinajstić information content (AvgIpc) is 3.02. The van der Waals surface area contributed by atoms with Gasteiger partial charge in [-0.3, -0.25) is 9.69 Å². The number of carbonyl (C=O) groups is 1. The van der Waals surface area contributed by atoms with Gasteiger partial charge in [-0.2, -0.15) is 0 Å². The normalized spacial score (nSPS) is 25.3. The molecule has 0 saturated carbocycles. The fraction of sp³-hybridized carbons (Fsp3) is 0.632. The summed E-state index contributed by atoms with van der Waals surface area (Å²) >= 11 is 6.04. The van der Waals surface area contributed by atoms with Gasteiger partial charge in [0.05, 0.1) is 30.4 Å². The van der Waals surface area contributed by atoms with E-state index in [1.54, 1.807) is 0 Å². The molecule has 3 N–H and O–H groups in total. The van der Waals surface area contributed by atoms with Crippen molar-refractivity contribution in [2.24, 2.45) is 0 Å². The summed E-state index contributed by atoms with van der Waals surface area (Å²) < 4.78 is 5.83. The van der Waals surface area contributed by atoms with Gasteiger partial charge in [-0.15, -0.1) is 24.8 Å². The molecule has 1 aromatic carbocycles. The van der Waals surface area contributed by atoms with E-state index in [1.807, 2.05) is 24.3 Å². The van der Waals surface area contributed by atoms with Gasteiger partial charge in [0.2, 0.25) is 5.91 Å². The minimum absolute atomic E-state index is 0. The van der Waals surface area contributed by atoms with Crippen LogP contribution >= 0.6 is 36.4 Å². The number of aliphatic hydroxyl groups excluding tert-OH is 1. The first kappa shape index (κ1) is 25.4. The van der Waals surface area contributed by atoms with Crippen molar-refractivity contribution in [2.75, 3.05) is 32.8 Å². The summed E-state index contributed by atoms with van der Waals surface area (Å²) in [7, 11) is 0. The molecule has 2 aliphatic rings. The Morgan fingerprint density at radius 1 is 1.39 bits per heavy atom. The Bertz CT molecular complexity index is 631. The van der Waals surface area contributed by atoms with Gasteiger partial charge in [-0.05, 0) is 38.0 Å². The molecule has 1 amide bonds. The van der Waals surface area contributed by atoms with Crippen molar-refractivity contribution < 1.29 is 14.6 Å². The average molecular weight is 455 g/mol. The van der Waals surface area contributed by atoms with Gasteiger partial charge in [0.1, 0.15) is 0 Å². The van der Waals surface area contributed by atoms with Crippen molar-refractivity contribution in [3.05, 3.63) is 34.9 Å². The number of β-amino-alcohol motifs (C(OH)–C–C–N with tert-alkyl or cyclic N) is 1. The first-order valence-corrected chi connectivity index (χ1v) is 9.54. The molecule has 3 atom stereocenters. The molecule has 0 radical (unpaired) electrons. The van der Waals surface area contributed by atoms with E-state index in [0.717, 1.165) is 18.7 Å². The summed E-state index contributed by atoms with van der Waals surface area (Å²) in [6.07, 6.45) is 0.0139. The van der Waals surface area contributed by atoms with E-state index in [4.69, 9.17) is 16.3 Å². The van der Waals surface area contributed by atoms with Crippen LogP contribution in [0.2, 0.25) is 5.02 Å². The number of benzene rings is 1. The quantitative estimate of drug-likeness (QED) is 0.636. The molecule has 6 nitrogen and oxygen atoms in total. The highest BCUT2D eigenvalue weighted by molar-refractivity contribution is 6.30. The number of nitrogens with zero attached hydrogens (tertiary/aromatic N) is 1. The van der Waals surface area contributed by atoms with E-state index in [0.29, 0.717) is 31.1 Å². The zero-order valence-corrected chi connectivity index (χ0v) is 18.6. The van der Waals surface area contributed by atoms with Gasteiger partial charge in [0.15, 0.2) is 0 Å². The van der Waals surface area contributed by atoms with Gasteiger partial charge in [0.25, 0.3) is 0 Å². The lowest BCUT2D eigenvalue weighted by atomic mass is 10.0. The molecule has 0 spiro atoms. The second kappa shape index (κ2) is 11.0. The van der Waals surface area contributed by atoms with Crippen LogP contribution in [0.3, 0.4) is 0 Å². The van der Waals surface area contributed by atoms with Crippen molar-refractivity contribution in [1.29, 1.82) is 0 Å². The van der Waals surface area contributed by atoms with Crippen LogP contribution in [0.1, 0.15) is 31.9 Å². The summed E-state index contributed by atoms with van der Waals surface area (Å²) in [5, 5.41) is 16.4. The number of ether oxygens (including phenoxy) is 1. The van der Waals surface area contributed by atoms with Crippen LogP contribution < -0.4 is 10.6 Å².